The van der Waals surface area contributed by atoms with Crippen LogP contribution >= 0.6 is 0 Å². The highest BCUT2D eigenvalue weighted by Gasteiger charge is 2.03. The van der Waals surface area contributed by atoms with Gasteiger partial charge in [-0.3, -0.25) is 4.98 Å². The summed E-state index contributed by atoms with van der Waals surface area (Å²) in [6.07, 6.45) is 3.83. The summed E-state index contributed by atoms with van der Waals surface area (Å²) in [7, 11) is 0. The zero-order chi connectivity index (χ0) is 13.0. The molecular formula is C14H19N3O. The largest absolute Gasteiger partial charge is 0.398 e. The van der Waals surface area contributed by atoms with Gasteiger partial charge in [-0.25, -0.2) is 0 Å². The minimum absolute atomic E-state index is 0.263. The van der Waals surface area contributed by atoms with Crippen LogP contribution in [0.1, 0.15) is 13.8 Å². The van der Waals surface area contributed by atoms with Gasteiger partial charge in [-0.1, -0.05) is 0 Å². The Bertz CT molecular complexity index is 525. The van der Waals surface area contributed by atoms with Crippen LogP contribution in [0.5, 0.6) is 0 Å². The fourth-order valence-corrected chi connectivity index (χ4v) is 1.85. The molecule has 2 rings (SSSR count). The van der Waals surface area contributed by atoms with Crippen molar-refractivity contribution in [1.29, 1.82) is 0 Å². The van der Waals surface area contributed by atoms with E-state index in [9.17, 15) is 0 Å². The zero-order valence-electron chi connectivity index (χ0n) is 10.8. The summed E-state index contributed by atoms with van der Waals surface area (Å²) >= 11 is 0. The number of ether oxygens (including phenoxy) is 1. The Labute approximate surface area is 107 Å². The van der Waals surface area contributed by atoms with E-state index in [0.717, 1.165) is 28.7 Å². The maximum atomic E-state index is 5.93. The minimum atomic E-state index is 0.263. The second-order valence-corrected chi connectivity index (χ2v) is 4.47. The second-order valence-electron chi connectivity index (χ2n) is 4.47. The maximum Gasteiger partial charge on any atom is 0.0642 e. The minimum Gasteiger partial charge on any atom is -0.398 e. The number of rotatable bonds is 5. The SMILES string of the molecule is CC(C)OCCNc1ccc(N)c2cnccc12. The molecule has 0 aliphatic heterocycles. The normalized spacial score (nSPS) is 11.1. The van der Waals surface area contributed by atoms with Crippen molar-refractivity contribution in [3.05, 3.63) is 30.6 Å². The van der Waals surface area contributed by atoms with Gasteiger partial charge in [0.1, 0.15) is 0 Å². The predicted octanol–water partition coefficient (Wildman–Crippen LogP) is 2.65. The lowest BCUT2D eigenvalue weighted by molar-refractivity contribution is 0.0871. The van der Waals surface area contributed by atoms with Gasteiger partial charge in [-0.2, -0.15) is 0 Å². The first-order chi connectivity index (χ1) is 8.68. The van der Waals surface area contributed by atoms with Gasteiger partial charge < -0.3 is 15.8 Å². The summed E-state index contributed by atoms with van der Waals surface area (Å²) in [5, 5.41) is 5.43. The van der Waals surface area contributed by atoms with Crippen LogP contribution in [-0.2, 0) is 4.74 Å². The molecule has 1 heterocycles. The highest BCUT2D eigenvalue weighted by molar-refractivity contribution is 6.00. The van der Waals surface area contributed by atoms with E-state index in [4.69, 9.17) is 10.5 Å². The molecular weight excluding hydrogens is 226 g/mol. The standard InChI is InChI=1S/C14H19N3O/c1-10(2)18-8-7-17-14-4-3-13(15)12-9-16-6-5-11(12)14/h3-6,9-10,17H,7-8,15H2,1-2H3. The Morgan fingerprint density at radius 3 is 2.89 bits per heavy atom. The Balaban J connectivity index is 2.11. The zero-order valence-corrected chi connectivity index (χ0v) is 10.8. The summed E-state index contributed by atoms with van der Waals surface area (Å²) in [6.45, 7) is 5.53. The average molecular weight is 245 g/mol. The molecule has 0 saturated carbocycles. The van der Waals surface area contributed by atoms with Crippen LogP contribution in [0.15, 0.2) is 30.6 Å². The van der Waals surface area contributed by atoms with Crippen molar-refractivity contribution in [2.24, 2.45) is 0 Å². The smallest absolute Gasteiger partial charge is 0.0642 e. The Hall–Kier alpha value is -1.81. The van der Waals surface area contributed by atoms with E-state index in [-0.39, 0.29) is 6.10 Å². The predicted molar refractivity (Wildman–Crippen MR) is 75.7 cm³/mol. The van der Waals surface area contributed by atoms with E-state index < -0.39 is 0 Å². The number of nitrogen functional groups attached to an aromatic ring is 1. The number of anilines is 2. The molecule has 0 fully saturated rings. The molecule has 4 heteroatoms. The number of nitrogens with zero attached hydrogens (tertiary/aromatic N) is 1. The van der Waals surface area contributed by atoms with Crippen molar-refractivity contribution in [1.82, 2.24) is 4.98 Å². The van der Waals surface area contributed by atoms with E-state index in [2.05, 4.69) is 10.3 Å². The summed E-state index contributed by atoms with van der Waals surface area (Å²) < 4.78 is 5.50. The average Bonchev–Trinajstić information content (AvgIpc) is 2.37. The topological polar surface area (TPSA) is 60.2 Å². The van der Waals surface area contributed by atoms with Crippen LogP contribution in [-0.4, -0.2) is 24.2 Å². The van der Waals surface area contributed by atoms with E-state index in [0.29, 0.717) is 6.61 Å². The first-order valence-corrected chi connectivity index (χ1v) is 6.16. The summed E-state index contributed by atoms with van der Waals surface area (Å²) in [4.78, 5) is 4.10. The molecule has 18 heavy (non-hydrogen) atoms. The van der Waals surface area contributed by atoms with E-state index in [1.54, 1.807) is 12.4 Å². The van der Waals surface area contributed by atoms with Crippen LogP contribution in [0.25, 0.3) is 10.8 Å². The first kappa shape index (κ1) is 12.6. The third-order valence-corrected chi connectivity index (χ3v) is 2.72. The van der Waals surface area contributed by atoms with Crippen molar-refractivity contribution in [3.8, 4) is 0 Å². The molecule has 96 valence electrons. The van der Waals surface area contributed by atoms with Gasteiger partial charge >= 0.3 is 0 Å². The molecule has 0 unspecified atom stereocenters. The Morgan fingerprint density at radius 2 is 2.11 bits per heavy atom. The fourth-order valence-electron chi connectivity index (χ4n) is 1.85. The van der Waals surface area contributed by atoms with Crippen LogP contribution < -0.4 is 11.1 Å². The van der Waals surface area contributed by atoms with Crippen LogP contribution in [0.2, 0.25) is 0 Å². The lowest BCUT2D eigenvalue weighted by Crippen LogP contribution is -2.13. The number of aromatic nitrogens is 1. The molecule has 0 bridgehead atoms. The molecule has 0 radical (unpaired) electrons. The second kappa shape index (κ2) is 5.69. The molecule has 0 aliphatic rings. The number of fused-ring (bicyclic) bond motifs is 1. The summed E-state index contributed by atoms with van der Waals surface area (Å²) in [6, 6.07) is 5.86. The van der Waals surface area contributed by atoms with Gasteiger partial charge in [0.25, 0.3) is 0 Å². The molecule has 3 N–H and O–H groups in total. The molecule has 1 aromatic heterocycles. The Kier molecular flexibility index (Phi) is 3.99. The number of nitrogens with two attached hydrogens (primary N) is 1. The Morgan fingerprint density at radius 1 is 1.28 bits per heavy atom. The number of hydrogen-bond donors (Lipinski definition) is 2. The quantitative estimate of drug-likeness (QED) is 0.628. The van der Waals surface area contributed by atoms with Crippen LogP contribution in [0.4, 0.5) is 11.4 Å². The lowest BCUT2D eigenvalue weighted by atomic mass is 10.1. The van der Waals surface area contributed by atoms with Gasteiger partial charge in [0.2, 0.25) is 0 Å². The summed E-state index contributed by atoms with van der Waals surface area (Å²) in [5.74, 6) is 0. The molecule has 0 atom stereocenters. The van der Waals surface area contributed by atoms with E-state index in [1.807, 2.05) is 32.0 Å². The third-order valence-electron chi connectivity index (χ3n) is 2.72. The van der Waals surface area contributed by atoms with Crippen molar-refractivity contribution >= 4 is 22.1 Å². The number of benzene rings is 1. The lowest BCUT2D eigenvalue weighted by Gasteiger charge is -2.12. The van der Waals surface area contributed by atoms with Gasteiger partial charge in [0.15, 0.2) is 0 Å². The van der Waals surface area contributed by atoms with Crippen LogP contribution in [0.3, 0.4) is 0 Å². The van der Waals surface area contributed by atoms with Crippen molar-refractivity contribution < 1.29 is 4.74 Å². The highest BCUT2D eigenvalue weighted by Crippen LogP contribution is 2.27. The molecule has 2 aromatic rings. The van der Waals surface area contributed by atoms with E-state index >= 15 is 0 Å². The number of nitrogens with one attached hydrogen (secondary N) is 1. The first-order valence-electron chi connectivity index (χ1n) is 6.16. The van der Waals surface area contributed by atoms with Crippen molar-refractivity contribution in [2.75, 3.05) is 24.2 Å². The number of pyridine rings is 1. The molecule has 0 spiro atoms. The molecule has 0 saturated heterocycles. The summed E-state index contributed by atoms with van der Waals surface area (Å²) in [5.41, 5.74) is 7.74. The number of hydrogen-bond acceptors (Lipinski definition) is 4. The van der Waals surface area contributed by atoms with Crippen LogP contribution in [0, 0.1) is 0 Å². The monoisotopic (exact) mass is 245 g/mol. The maximum absolute atomic E-state index is 5.93. The highest BCUT2D eigenvalue weighted by atomic mass is 16.5. The van der Waals surface area contributed by atoms with Gasteiger partial charge in [-0.05, 0) is 32.0 Å². The molecule has 0 aliphatic carbocycles. The third kappa shape index (κ3) is 2.90. The van der Waals surface area contributed by atoms with Crippen molar-refractivity contribution in [2.45, 2.75) is 20.0 Å². The van der Waals surface area contributed by atoms with E-state index in [1.165, 1.54) is 0 Å². The molecule has 0 amide bonds. The van der Waals surface area contributed by atoms with Gasteiger partial charge in [0, 0.05) is 41.1 Å². The molecule has 1 aromatic carbocycles. The van der Waals surface area contributed by atoms with Gasteiger partial charge in [0.05, 0.1) is 12.7 Å². The van der Waals surface area contributed by atoms with Gasteiger partial charge in [-0.15, -0.1) is 0 Å². The fraction of sp³-hybridized carbons (Fsp3) is 0.357. The van der Waals surface area contributed by atoms with Crippen molar-refractivity contribution in [3.63, 3.8) is 0 Å². The molecule has 4 nitrogen and oxygen atoms in total.